The van der Waals surface area contributed by atoms with Gasteiger partial charge in [0.05, 0.1) is 7.11 Å². The largest absolute Gasteiger partial charge is 0.497 e. The van der Waals surface area contributed by atoms with Crippen molar-refractivity contribution in [1.29, 1.82) is 0 Å². The summed E-state index contributed by atoms with van der Waals surface area (Å²) in [5.41, 5.74) is 1.78. The molecule has 0 bridgehead atoms. The van der Waals surface area contributed by atoms with Crippen LogP contribution in [0.5, 0.6) is 11.5 Å². The molecule has 0 radical (unpaired) electrons. The molecule has 0 saturated carbocycles. The summed E-state index contributed by atoms with van der Waals surface area (Å²) in [7, 11) is 1.63. The minimum Gasteiger partial charge on any atom is -0.497 e. The number of β-amino-alcohol motifs (C(OH)–C–C–N with tert-alkyl or cyclic N) is 1. The van der Waals surface area contributed by atoms with Crippen molar-refractivity contribution >= 4 is 11.1 Å². The molecule has 1 N–H and O–H groups in total. The summed E-state index contributed by atoms with van der Waals surface area (Å²) in [4.78, 5) is 6.91. The Bertz CT molecular complexity index is 852. The third-order valence-corrected chi connectivity index (χ3v) is 5.22. The second-order valence-electron chi connectivity index (χ2n) is 7.24. The molecule has 1 unspecified atom stereocenters. The molecule has 1 saturated heterocycles. The highest BCUT2D eigenvalue weighted by Crippen LogP contribution is 2.30. The zero-order chi connectivity index (χ0) is 19.3. The molecule has 2 heterocycles. The highest BCUT2D eigenvalue weighted by Gasteiger charge is 2.25. The van der Waals surface area contributed by atoms with Crippen LogP contribution in [0.2, 0.25) is 0 Å². The van der Waals surface area contributed by atoms with Gasteiger partial charge < -0.3 is 23.9 Å². The summed E-state index contributed by atoms with van der Waals surface area (Å²) in [6.07, 6.45) is 1.44. The molecule has 4 rings (SSSR count). The van der Waals surface area contributed by atoms with Gasteiger partial charge in [-0.2, -0.15) is 0 Å². The van der Waals surface area contributed by atoms with E-state index in [1.807, 2.05) is 48.5 Å². The van der Waals surface area contributed by atoms with Gasteiger partial charge in [-0.25, -0.2) is 4.98 Å². The van der Waals surface area contributed by atoms with E-state index in [0.717, 1.165) is 54.4 Å². The minimum atomic E-state index is -0.525. The van der Waals surface area contributed by atoms with E-state index in [4.69, 9.17) is 13.9 Å². The van der Waals surface area contributed by atoms with Gasteiger partial charge in [0.25, 0.3) is 0 Å². The van der Waals surface area contributed by atoms with Gasteiger partial charge in [-0.3, -0.25) is 0 Å². The molecule has 1 aliphatic heterocycles. The fraction of sp³-hybridized carbons (Fsp3) is 0.409. The number of likely N-dealkylation sites (tertiary alicyclic amines) is 1. The average Bonchev–Trinajstić information content (AvgIpc) is 3.17. The van der Waals surface area contributed by atoms with Crippen molar-refractivity contribution < 1.29 is 19.0 Å². The van der Waals surface area contributed by atoms with Crippen molar-refractivity contribution in [3.63, 3.8) is 0 Å². The van der Waals surface area contributed by atoms with Crippen LogP contribution in [0.1, 0.15) is 24.7 Å². The van der Waals surface area contributed by atoms with Crippen LogP contribution in [-0.4, -0.2) is 54.4 Å². The SMILES string of the molecule is COc1ccc(OCC(O)CN2CCC(c3nc4ccccc4o3)CC2)cc1. The van der Waals surface area contributed by atoms with Crippen LogP contribution in [0.25, 0.3) is 11.1 Å². The molecule has 0 amide bonds. The van der Waals surface area contributed by atoms with E-state index in [2.05, 4.69) is 9.88 Å². The van der Waals surface area contributed by atoms with Crippen molar-refractivity contribution in [3.05, 3.63) is 54.4 Å². The molecule has 28 heavy (non-hydrogen) atoms. The maximum atomic E-state index is 10.3. The number of aliphatic hydroxyl groups excluding tert-OH is 1. The summed E-state index contributed by atoms with van der Waals surface area (Å²) >= 11 is 0. The highest BCUT2D eigenvalue weighted by molar-refractivity contribution is 5.72. The van der Waals surface area contributed by atoms with E-state index in [0.29, 0.717) is 12.5 Å². The number of hydrogen-bond donors (Lipinski definition) is 1. The number of piperidine rings is 1. The van der Waals surface area contributed by atoms with E-state index in [-0.39, 0.29) is 6.61 Å². The molecule has 1 aliphatic rings. The molecule has 1 atom stereocenters. The molecule has 6 heteroatoms. The quantitative estimate of drug-likeness (QED) is 0.675. The molecule has 6 nitrogen and oxygen atoms in total. The number of aromatic nitrogens is 1. The van der Waals surface area contributed by atoms with Crippen molar-refractivity contribution in [3.8, 4) is 11.5 Å². The van der Waals surface area contributed by atoms with Crippen molar-refractivity contribution in [2.24, 2.45) is 0 Å². The van der Waals surface area contributed by atoms with Crippen LogP contribution in [0.3, 0.4) is 0 Å². The second-order valence-corrected chi connectivity index (χ2v) is 7.24. The number of rotatable bonds is 7. The molecule has 1 fully saturated rings. The minimum absolute atomic E-state index is 0.275. The van der Waals surface area contributed by atoms with Gasteiger partial charge in [0, 0.05) is 12.5 Å². The maximum Gasteiger partial charge on any atom is 0.198 e. The van der Waals surface area contributed by atoms with Gasteiger partial charge in [-0.15, -0.1) is 0 Å². The van der Waals surface area contributed by atoms with Crippen molar-refractivity contribution in [2.45, 2.75) is 24.9 Å². The highest BCUT2D eigenvalue weighted by atomic mass is 16.5. The van der Waals surface area contributed by atoms with Crippen LogP contribution in [0.4, 0.5) is 0 Å². The number of hydrogen-bond acceptors (Lipinski definition) is 6. The third kappa shape index (κ3) is 4.46. The Morgan fingerprint density at radius 2 is 1.82 bits per heavy atom. The predicted molar refractivity (Wildman–Crippen MR) is 107 cm³/mol. The molecular weight excluding hydrogens is 356 g/mol. The van der Waals surface area contributed by atoms with Gasteiger partial charge in [-0.1, -0.05) is 12.1 Å². The van der Waals surface area contributed by atoms with Crippen molar-refractivity contribution in [1.82, 2.24) is 9.88 Å². The molecule has 1 aromatic heterocycles. The van der Waals surface area contributed by atoms with Crippen LogP contribution < -0.4 is 9.47 Å². The van der Waals surface area contributed by atoms with Gasteiger partial charge in [0.15, 0.2) is 11.5 Å². The predicted octanol–water partition coefficient (Wildman–Crippen LogP) is 3.46. The topological polar surface area (TPSA) is 68.0 Å². The lowest BCUT2D eigenvalue weighted by atomic mass is 9.96. The van der Waals surface area contributed by atoms with Gasteiger partial charge in [-0.05, 0) is 62.3 Å². The monoisotopic (exact) mass is 382 g/mol. The third-order valence-electron chi connectivity index (χ3n) is 5.22. The molecule has 0 aliphatic carbocycles. The Labute approximate surface area is 164 Å². The van der Waals surface area contributed by atoms with E-state index >= 15 is 0 Å². The number of nitrogens with zero attached hydrogens (tertiary/aromatic N) is 2. The molecular formula is C22H26N2O4. The van der Waals surface area contributed by atoms with E-state index in [1.165, 1.54) is 0 Å². The zero-order valence-electron chi connectivity index (χ0n) is 16.1. The Hall–Kier alpha value is -2.57. The Kier molecular flexibility index (Phi) is 5.78. The van der Waals surface area contributed by atoms with Crippen LogP contribution in [0.15, 0.2) is 52.9 Å². The average molecular weight is 382 g/mol. The second kappa shape index (κ2) is 8.63. The molecule has 0 spiro atoms. The first-order chi connectivity index (χ1) is 13.7. The van der Waals surface area contributed by atoms with E-state index in [1.54, 1.807) is 7.11 Å². The lowest BCUT2D eigenvalue weighted by Crippen LogP contribution is -2.40. The van der Waals surface area contributed by atoms with Crippen LogP contribution in [0, 0.1) is 0 Å². The first-order valence-corrected chi connectivity index (χ1v) is 9.74. The summed E-state index contributed by atoms with van der Waals surface area (Å²) in [6, 6.07) is 15.3. The number of fused-ring (bicyclic) bond motifs is 1. The van der Waals surface area contributed by atoms with E-state index in [9.17, 15) is 5.11 Å². The number of para-hydroxylation sites is 2. The summed E-state index contributed by atoms with van der Waals surface area (Å²) in [6.45, 7) is 2.72. The van der Waals surface area contributed by atoms with Crippen LogP contribution in [-0.2, 0) is 0 Å². The normalized spacial score (nSPS) is 16.9. The fourth-order valence-corrected chi connectivity index (χ4v) is 3.64. The zero-order valence-corrected chi connectivity index (χ0v) is 16.1. The van der Waals surface area contributed by atoms with Crippen molar-refractivity contribution in [2.75, 3.05) is 33.4 Å². The van der Waals surface area contributed by atoms with Gasteiger partial charge in [0.1, 0.15) is 29.7 Å². The fourth-order valence-electron chi connectivity index (χ4n) is 3.64. The number of methoxy groups -OCH3 is 1. The number of ether oxygens (including phenoxy) is 2. The summed E-state index contributed by atoms with van der Waals surface area (Å²) < 4.78 is 16.7. The Balaban J connectivity index is 1.23. The Morgan fingerprint density at radius 1 is 1.11 bits per heavy atom. The standard InChI is InChI=1S/C22H26N2O4/c1-26-18-6-8-19(9-7-18)27-15-17(25)14-24-12-10-16(11-13-24)22-23-20-4-2-3-5-21(20)28-22/h2-9,16-17,25H,10-15H2,1H3. The maximum absolute atomic E-state index is 10.3. The first-order valence-electron chi connectivity index (χ1n) is 9.74. The molecule has 148 valence electrons. The van der Waals surface area contributed by atoms with Crippen LogP contribution >= 0.6 is 0 Å². The summed E-state index contributed by atoms with van der Waals surface area (Å²) in [5, 5.41) is 10.3. The number of benzene rings is 2. The van der Waals surface area contributed by atoms with Gasteiger partial charge in [0.2, 0.25) is 0 Å². The van der Waals surface area contributed by atoms with E-state index < -0.39 is 6.10 Å². The lowest BCUT2D eigenvalue weighted by Gasteiger charge is -2.31. The number of aliphatic hydroxyl groups is 1. The smallest absolute Gasteiger partial charge is 0.198 e. The molecule has 2 aromatic carbocycles. The number of oxazole rings is 1. The molecule has 3 aromatic rings. The van der Waals surface area contributed by atoms with Gasteiger partial charge >= 0.3 is 0 Å². The Morgan fingerprint density at radius 3 is 2.54 bits per heavy atom. The lowest BCUT2D eigenvalue weighted by molar-refractivity contribution is 0.0583. The summed E-state index contributed by atoms with van der Waals surface area (Å²) in [5.74, 6) is 2.70. The first kappa shape index (κ1) is 18.8.